The predicted molar refractivity (Wildman–Crippen MR) is 95.2 cm³/mol. The van der Waals surface area contributed by atoms with Gasteiger partial charge in [-0.2, -0.15) is 0 Å². The normalized spacial score (nSPS) is 19.8. The first-order chi connectivity index (χ1) is 11.2. The van der Waals surface area contributed by atoms with Gasteiger partial charge in [0.05, 0.1) is 12.1 Å². The van der Waals surface area contributed by atoms with Crippen LogP contribution in [0.25, 0.3) is 11.3 Å². The van der Waals surface area contributed by atoms with Crippen LogP contribution in [0, 0.1) is 0 Å². The lowest BCUT2D eigenvalue weighted by Gasteiger charge is -2.11. The molecule has 6 nitrogen and oxygen atoms in total. The molecule has 0 bridgehead atoms. The highest BCUT2D eigenvalue weighted by Crippen LogP contribution is 2.29. The number of aromatic nitrogens is 1. The molecular weight excluding hydrogens is 350 g/mol. The molecule has 1 aliphatic rings. The van der Waals surface area contributed by atoms with E-state index in [2.05, 4.69) is 15.6 Å². The smallest absolute Gasteiger partial charge is 0.237 e. The molecule has 24 heavy (non-hydrogen) atoms. The van der Waals surface area contributed by atoms with Crippen molar-refractivity contribution < 1.29 is 14.3 Å². The van der Waals surface area contributed by atoms with Crippen molar-refractivity contribution >= 4 is 30.1 Å². The molecule has 2 unspecified atom stereocenters. The standard InChI is InChI=1S/C16H19N3O3S.ClH/c1-23-16-14(22-9-19-16)11-4-2-10(3-5-11)7-18-15(21)13-6-12(20)8-17-13;/h2-5,9,12-13,17,20H,6-8H2,1H3,(H,18,21);1H. The number of halogens is 1. The number of nitrogens with one attached hydrogen (secondary N) is 2. The number of hydrogen-bond donors (Lipinski definition) is 3. The molecule has 2 aromatic rings. The van der Waals surface area contributed by atoms with Crippen molar-refractivity contribution in [2.24, 2.45) is 0 Å². The van der Waals surface area contributed by atoms with E-state index in [4.69, 9.17) is 4.42 Å². The molecule has 1 aromatic heterocycles. The Morgan fingerprint density at radius 3 is 2.83 bits per heavy atom. The topological polar surface area (TPSA) is 87.4 Å². The number of β-amino-alcohol motifs (C(OH)–C–C–N with tert-alkyl or cyclic N) is 1. The molecule has 3 N–H and O–H groups in total. The van der Waals surface area contributed by atoms with Gasteiger partial charge in [0.15, 0.2) is 12.2 Å². The van der Waals surface area contributed by atoms with Crippen LogP contribution >= 0.6 is 24.2 Å². The number of thioether (sulfide) groups is 1. The van der Waals surface area contributed by atoms with Crippen LogP contribution in [0.2, 0.25) is 0 Å². The summed E-state index contributed by atoms with van der Waals surface area (Å²) in [6, 6.07) is 7.53. The second kappa shape index (κ2) is 8.53. The molecule has 0 aliphatic carbocycles. The second-order valence-electron chi connectivity index (χ2n) is 5.46. The van der Waals surface area contributed by atoms with Gasteiger partial charge in [-0.25, -0.2) is 4.98 Å². The first-order valence-corrected chi connectivity index (χ1v) is 8.66. The number of amides is 1. The maximum absolute atomic E-state index is 12.0. The fourth-order valence-corrected chi connectivity index (χ4v) is 3.08. The van der Waals surface area contributed by atoms with Gasteiger partial charge in [0.2, 0.25) is 5.91 Å². The highest BCUT2D eigenvalue weighted by atomic mass is 35.5. The van der Waals surface area contributed by atoms with E-state index in [1.807, 2.05) is 30.5 Å². The Morgan fingerprint density at radius 1 is 1.46 bits per heavy atom. The van der Waals surface area contributed by atoms with Crippen LogP contribution in [0.15, 0.2) is 40.1 Å². The van der Waals surface area contributed by atoms with Gasteiger partial charge < -0.3 is 20.2 Å². The summed E-state index contributed by atoms with van der Waals surface area (Å²) in [7, 11) is 0. The van der Waals surface area contributed by atoms with E-state index < -0.39 is 6.10 Å². The predicted octanol–water partition coefficient (Wildman–Crippen LogP) is 1.82. The van der Waals surface area contributed by atoms with Crippen molar-refractivity contribution in [3.05, 3.63) is 36.2 Å². The van der Waals surface area contributed by atoms with E-state index in [-0.39, 0.29) is 24.4 Å². The van der Waals surface area contributed by atoms with Crippen molar-refractivity contribution in [3.8, 4) is 11.3 Å². The van der Waals surface area contributed by atoms with Crippen molar-refractivity contribution in [1.29, 1.82) is 0 Å². The molecule has 8 heteroatoms. The van der Waals surface area contributed by atoms with Crippen LogP contribution < -0.4 is 10.6 Å². The number of carbonyl (C=O) groups excluding carboxylic acids is 1. The second-order valence-corrected chi connectivity index (χ2v) is 6.25. The Balaban J connectivity index is 0.00000208. The van der Waals surface area contributed by atoms with Gasteiger partial charge >= 0.3 is 0 Å². The zero-order valence-corrected chi connectivity index (χ0v) is 14.8. The maximum atomic E-state index is 12.0. The third kappa shape index (κ3) is 4.30. The van der Waals surface area contributed by atoms with Gasteiger partial charge in [-0.05, 0) is 18.2 Å². The van der Waals surface area contributed by atoms with Crippen LogP contribution in [0.3, 0.4) is 0 Å². The Morgan fingerprint density at radius 2 is 2.21 bits per heavy atom. The third-order valence-electron chi connectivity index (χ3n) is 3.84. The lowest BCUT2D eigenvalue weighted by Crippen LogP contribution is -2.39. The van der Waals surface area contributed by atoms with E-state index in [0.717, 1.165) is 21.9 Å². The summed E-state index contributed by atoms with van der Waals surface area (Å²) in [5.74, 6) is 0.683. The minimum Gasteiger partial charge on any atom is -0.442 e. The van der Waals surface area contributed by atoms with Crippen molar-refractivity contribution in [2.75, 3.05) is 12.8 Å². The number of carbonyl (C=O) groups is 1. The van der Waals surface area contributed by atoms with Gasteiger partial charge in [0.25, 0.3) is 0 Å². The van der Waals surface area contributed by atoms with Crippen LogP contribution in [-0.4, -0.2) is 40.9 Å². The Kier molecular flexibility index (Phi) is 6.68. The molecule has 0 saturated carbocycles. The first-order valence-electron chi connectivity index (χ1n) is 7.43. The largest absolute Gasteiger partial charge is 0.442 e. The molecule has 2 atom stereocenters. The Bertz CT molecular complexity index is 677. The van der Waals surface area contributed by atoms with Crippen molar-refractivity contribution in [1.82, 2.24) is 15.6 Å². The summed E-state index contributed by atoms with van der Waals surface area (Å²) in [5.41, 5.74) is 1.97. The molecule has 1 saturated heterocycles. The maximum Gasteiger partial charge on any atom is 0.237 e. The average molecular weight is 370 g/mol. The van der Waals surface area contributed by atoms with E-state index >= 15 is 0 Å². The van der Waals surface area contributed by atoms with E-state index in [0.29, 0.717) is 19.5 Å². The van der Waals surface area contributed by atoms with Gasteiger partial charge in [-0.15, -0.1) is 24.2 Å². The quantitative estimate of drug-likeness (QED) is 0.697. The summed E-state index contributed by atoms with van der Waals surface area (Å²) >= 11 is 1.54. The monoisotopic (exact) mass is 369 g/mol. The average Bonchev–Trinajstić information content (AvgIpc) is 3.21. The number of aliphatic hydroxyl groups is 1. The van der Waals surface area contributed by atoms with E-state index in [9.17, 15) is 9.90 Å². The number of benzene rings is 1. The zero-order valence-electron chi connectivity index (χ0n) is 13.2. The van der Waals surface area contributed by atoms with Gasteiger partial charge in [0.1, 0.15) is 5.03 Å². The fraction of sp³-hybridized carbons (Fsp3) is 0.375. The lowest BCUT2D eigenvalue weighted by atomic mass is 10.1. The zero-order chi connectivity index (χ0) is 16.2. The summed E-state index contributed by atoms with van der Waals surface area (Å²) in [4.78, 5) is 16.1. The lowest BCUT2D eigenvalue weighted by molar-refractivity contribution is -0.123. The number of nitrogens with zero attached hydrogens (tertiary/aromatic N) is 1. The molecule has 130 valence electrons. The highest BCUT2D eigenvalue weighted by molar-refractivity contribution is 7.98. The Labute approximate surface area is 150 Å². The molecule has 3 rings (SSSR count). The molecule has 2 heterocycles. The van der Waals surface area contributed by atoms with Gasteiger partial charge in [-0.3, -0.25) is 4.79 Å². The summed E-state index contributed by atoms with van der Waals surface area (Å²) < 4.78 is 5.42. The van der Waals surface area contributed by atoms with Gasteiger partial charge in [-0.1, -0.05) is 24.3 Å². The number of hydrogen-bond acceptors (Lipinski definition) is 6. The Hall–Kier alpha value is -1.54. The third-order valence-corrected chi connectivity index (χ3v) is 4.51. The molecule has 1 aliphatic heterocycles. The first kappa shape index (κ1) is 18.8. The summed E-state index contributed by atoms with van der Waals surface area (Å²) in [5, 5.41) is 16.2. The summed E-state index contributed by atoms with van der Waals surface area (Å²) in [6.07, 6.45) is 3.43. The molecule has 1 aromatic carbocycles. The number of oxazole rings is 1. The molecular formula is C16H20ClN3O3S. The molecule has 1 fully saturated rings. The molecule has 0 radical (unpaired) electrons. The number of rotatable bonds is 5. The van der Waals surface area contributed by atoms with E-state index in [1.54, 1.807) is 11.8 Å². The van der Waals surface area contributed by atoms with Crippen LogP contribution in [0.5, 0.6) is 0 Å². The molecule has 0 spiro atoms. The molecule has 1 amide bonds. The van der Waals surface area contributed by atoms with E-state index in [1.165, 1.54) is 6.39 Å². The van der Waals surface area contributed by atoms with Crippen molar-refractivity contribution in [3.63, 3.8) is 0 Å². The fourth-order valence-electron chi connectivity index (χ4n) is 2.58. The number of aliphatic hydroxyl groups excluding tert-OH is 1. The minimum absolute atomic E-state index is 0. The minimum atomic E-state index is -0.433. The van der Waals surface area contributed by atoms with Crippen LogP contribution in [0.4, 0.5) is 0 Å². The SMILES string of the molecule is CSc1ncoc1-c1ccc(CNC(=O)C2CC(O)CN2)cc1.Cl. The van der Waals surface area contributed by atoms with Crippen LogP contribution in [-0.2, 0) is 11.3 Å². The van der Waals surface area contributed by atoms with Gasteiger partial charge in [0, 0.05) is 18.7 Å². The summed E-state index contributed by atoms with van der Waals surface area (Å²) in [6.45, 7) is 0.931. The van der Waals surface area contributed by atoms with Crippen LogP contribution in [0.1, 0.15) is 12.0 Å². The van der Waals surface area contributed by atoms with Crippen molar-refractivity contribution in [2.45, 2.75) is 30.1 Å². The highest BCUT2D eigenvalue weighted by Gasteiger charge is 2.27.